The standard InChI is InChI=1S/C11H22N2OS/c1-4-15-7-8(2)12-9(3)11(14)13-10-5-6-10/h8-10,12H,4-7H2,1-3H3,(H,13,14). The predicted molar refractivity (Wildman–Crippen MR) is 66.2 cm³/mol. The van der Waals surface area contributed by atoms with Gasteiger partial charge in [0.1, 0.15) is 0 Å². The number of hydrogen-bond donors (Lipinski definition) is 2. The molecule has 1 saturated carbocycles. The number of carbonyl (C=O) groups is 1. The van der Waals surface area contributed by atoms with E-state index in [9.17, 15) is 4.79 Å². The van der Waals surface area contributed by atoms with Gasteiger partial charge in [0, 0.05) is 17.8 Å². The molecule has 4 heteroatoms. The van der Waals surface area contributed by atoms with Gasteiger partial charge >= 0.3 is 0 Å². The van der Waals surface area contributed by atoms with Gasteiger partial charge in [-0.1, -0.05) is 6.92 Å². The quantitative estimate of drug-likeness (QED) is 0.694. The van der Waals surface area contributed by atoms with Crippen molar-refractivity contribution < 1.29 is 4.79 Å². The van der Waals surface area contributed by atoms with Crippen molar-refractivity contribution in [3.05, 3.63) is 0 Å². The number of amides is 1. The van der Waals surface area contributed by atoms with Gasteiger partial charge in [-0.05, 0) is 32.4 Å². The Morgan fingerprint density at radius 3 is 2.67 bits per heavy atom. The molecule has 0 saturated heterocycles. The van der Waals surface area contributed by atoms with Crippen LogP contribution in [0.1, 0.15) is 33.6 Å². The van der Waals surface area contributed by atoms with Gasteiger partial charge in [-0.3, -0.25) is 4.79 Å². The van der Waals surface area contributed by atoms with Crippen molar-refractivity contribution in [3.8, 4) is 0 Å². The van der Waals surface area contributed by atoms with E-state index in [4.69, 9.17) is 0 Å². The van der Waals surface area contributed by atoms with Crippen LogP contribution in [0.15, 0.2) is 0 Å². The van der Waals surface area contributed by atoms with Gasteiger partial charge in [0.05, 0.1) is 6.04 Å². The van der Waals surface area contributed by atoms with Crippen LogP contribution in [0.2, 0.25) is 0 Å². The van der Waals surface area contributed by atoms with Gasteiger partial charge in [-0.2, -0.15) is 11.8 Å². The van der Waals surface area contributed by atoms with Crippen LogP contribution in [0, 0.1) is 0 Å². The SMILES string of the molecule is CCSCC(C)NC(C)C(=O)NC1CC1. The highest BCUT2D eigenvalue weighted by molar-refractivity contribution is 7.99. The molecule has 0 aromatic rings. The normalized spacial score (nSPS) is 19.7. The first-order valence-electron chi connectivity index (χ1n) is 5.77. The van der Waals surface area contributed by atoms with Crippen LogP contribution < -0.4 is 10.6 Å². The Morgan fingerprint density at radius 1 is 1.47 bits per heavy atom. The maximum absolute atomic E-state index is 11.6. The summed E-state index contributed by atoms with van der Waals surface area (Å²) >= 11 is 1.90. The lowest BCUT2D eigenvalue weighted by molar-refractivity contribution is -0.123. The molecular formula is C11H22N2OS. The van der Waals surface area contributed by atoms with Crippen LogP contribution in [-0.4, -0.2) is 35.5 Å². The molecule has 1 fully saturated rings. The molecule has 88 valence electrons. The molecule has 0 heterocycles. The highest BCUT2D eigenvalue weighted by atomic mass is 32.2. The molecule has 2 atom stereocenters. The molecule has 1 amide bonds. The zero-order valence-corrected chi connectivity index (χ0v) is 10.7. The van der Waals surface area contributed by atoms with E-state index in [1.165, 1.54) is 0 Å². The molecule has 1 aliphatic rings. The summed E-state index contributed by atoms with van der Waals surface area (Å²) in [5.41, 5.74) is 0. The second kappa shape index (κ2) is 6.38. The fourth-order valence-corrected chi connectivity index (χ4v) is 2.08. The van der Waals surface area contributed by atoms with Crippen molar-refractivity contribution in [1.29, 1.82) is 0 Å². The third-order valence-corrected chi connectivity index (χ3v) is 3.57. The van der Waals surface area contributed by atoms with Crippen molar-refractivity contribution in [3.63, 3.8) is 0 Å². The van der Waals surface area contributed by atoms with Crippen molar-refractivity contribution in [2.75, 3.05) is 11.5 Å². The molecule has 0 aliphatic heterocycles. The first-order valence-corrected chi connectivity index (χ1v) is 6.93. The Balaban J connectivity index is 2.14. The van der Waals surface area contributed by atoms with E-state index < -0.39 is 0 Å². The zero-order chi connectivity index (χ0) is 11.3. The molecule has 1 aliphatic carbocycles. The van der Waals surface area contributed by atoms with E-state index in [0.717, 1.165) is 24.3 Å². The van der Waals surface area contributed by atoms with E-state index in [1.807, 2.05) is 18.7 Å². The summed E-state index contributed by atoms with van der Waals surface area (Å²) in [6.07, 6.45) is 2.30. The number of thioether (sulfide) groups is 1. The van der Waals surface area contributed by atoms with E-state index in [0.29, 0.717) is 12.1 Å². The van der Waals surface area contributed by atoms with E-state index in [1.54, 1.807) is 0 Å². The fourth-order valence-electron chi connectivity index (χ4n) is 1.40. The molecular weight excluding hydrogens is 208 g/mol. The molecule has 0 bridgehead atoms. The van der Waals surface area contributed by atoms with Gasteiger partial charge < -0.3 is 10.6 Å². The molecule has 0 radical (unpaired) electrons. The molecule has 1 rings (SSSR count). The third-order valence-electron chi connectivity index (χ3n) is 2.42. The van der Waals surface area contributed by atoms with Gasteiger partial charge in [0.15, 0.2) is 0 Å². The first-order chi connectivity index (χ1) is 7.13. The average molecular weight is 230 g/mol. The van der Waals surface area contributed by atoms with E-state index >= 15 is 0 Å². The van der Waals surface area contributed by atoms with Crippen LogP contribution in [0.5, 0.6) is 0 Å². The third kappa shape index (κ3) is 5.42. The summed E-state index contributed by atoms with van der Waals surface area (Å²) in [7, 11) is 0. The maximum atomic E-state index is 11.6. The van der Waals surface area contributed by atoms with Crippen molar-refractivity contribution >= 4 is 17.7 Å². The topological polar surface area (TPSA) is 41.1 Å². The van der Waals surface area contributed by atoms with Gasteiger partial charge in [0.2, 0.25) is 5.91 Å². The monoisotopic (exact) mass is 230 g/mol. The molecule has 2 N–H and O–H groups in total. The first kappa shape index (κ1) is 12.8. The largest absolute Gasteiger partial charge is 0.352 e. The lowest BCUT2D eigenvalue weighted by Crippen LogP contribution is -2.47. The maximum Gasteiger partial charge on any atom is 0.237 e. The Kier molecular flexibility index (Phi) is 5.47. The number of nitrogens with one attached hydrogen (secondary N) is 2. The van der Waals surface area contributed by atoms with Gasteiger partial charge in [-0.25, -0.2) is 0 Å². The Hall–Kier alpha value is -0.220. The minimum Gasteiger partial charge on any atom is -0.352 e. The minimum atomic E-state index is -0.0712. The van der Waals surface area contributed by atoms with Crippen molar-refractivity contribution in [1.82, 2.24) is 10.6 Å². The highest BCUT2D eigenvalue weighted by Gasteiger charge is 2.25. The Morgan fingerprint density at radius 2 is 2.13 bits per heavy atom. The number of rotatable bonds is 7. The molecule has 0 aromatic carbocycles. The van der Waals surface area contributed by atoms with Crippen LogP contribution in [0.3, 0.4) is 0 Å². The smallest absolute Gasteiger partial charge is 0.237 e. The average Bonchev–Trinajstić information content (AvgIpc) is 2.98. The summed E-state index contributed by atoms with van der Waals surface area (Å²) in [5.74, 6) is 2.34. The highest BCUT2D eigenvalue weighted by Crippen LogP contribution is 2.18. The molecule has 15 heavy (non-hydrogen) atoms. The van der Waals surface area contributed by atoms with Crippen LogP contribution >= 0.6 is 11.8 Å². The van der Waals surface area contributed by atoms with Crippen LogP contribution in [0.4, 0.5) is 0 Å². The second-order valence-corrected chi connectivity index (χ2v) is 5.55. The minimum absolute atomic E-state index is 0.0712. The van der Waals surface area contributed by atoms with E-state index in [2.05, 4.69) is 24.5 Å². The van der Waals surface area contributed by atoms with Gasteiger partial charge in [-0.15, -0.1) is 0 Å². The lowest BCUT2D eigenvalue weighted by atomic mass is 10.2. The van der Waals surface area contributed by atoms with Gasteiger partial charge in [0.25, 0.3) is 0 Å². The number of carbonyl (C=O) groups excluding carboxylic acids is 1. The molecule has 0 aromatic heterocycles. The summed E-state index contributed by atoms with van der Waals surface area (Å²) in [6, 6.07) is 0.787. The summed E-state index contributed by atoms with van der Waals surface area (Å²) in [5, 5.41) is 6.32. The molecule has 3 nitrogen and oxygen atoms in total. The second-order valence-electron chi connectivity index (χ2n) is 4.23. The Labute approximate surface area is 96.8 Å². The number of hydrogen-bond acceptors (Lipinski definition) is 3. The fraction of sp³-hybridized carbons (Fsp3) is 0.909. The van der Waals surface area contributed by atoms with Crippen molar-refractivity contribution in [2.45, 2.75) is 51.7 Å². The zero-order valence-electron chi connectivity index (χ0n) is 9.88. The van der Waals surface area contributed by atoms with E-state index in [-0.39, 0.29) is 11.9 Å². The Bertz CT molecular complexity index is 207. The van der Waals surface area contributed by atoms with Crippen molar-refractivity contribution in [2.24, 2.45) is 0 Å². The van der Waals surface area contributed by atoms with Crippen LogP contribution in [0.25, 0.3) is 0 Å². The lowest BCUT2D eigenvalue weighted by Gasteiger charge is -2.19. The molecule has 0 spiro atoms. The summed E-state index contributed by atoms with van der Waals surface area (Å²) in [6.45, 7) is 6.22. The summed E-state index contributed by atoms with van der Waals surface area (Å²) < 4.78 is 0. The summed E-state index contributed by atoms with van der Waals surface area (Å²) in [4.78, 5) is 11.6. The van der Waals surface area contributed by atoms with Crippen LogP contribution in [-0.2, 0) is 4.79 Å². The molecule has 2 unspecified atom stereocenters. The predicted octanol–water partition coefficient (Wildman–Crippen LogP) is 1.38.